The zero-order chi connectivity index (χ0) is 21.7. The Hall–Kier alpha value is -2.93. The second-order valence-corrected chi connectivity index (χ2v) is 8.21. The van der Waals surface area contributed by atoms with Gasteiger partial charge in [0, 0.05) is 50.9 Å². The third-order valence-corrected chi connectivity index (χ3v) is 6.24. The minimum absolute atomic E-state index is 0.0290. The molecule has 31 heavy (non-hydrogen) atoms. The molecule has 1 amide bonds. The van der Waals surface area contributed by atoms with Crippen molar-refractivity contribution in [3.8, 4) is 0 Å². The van der Waals surface area contributed by atoms with Crippen LogP contribution in [-0.4, -0.2) is 51.3 Å². The van der Waals surface area contributed by atoms with E-state index >= 15 is 0 Å². The van der Waals surface area contributed by atoms with Crippen molar-refractivity contribution in [1.29, 1.82) is 0 Å². The SMILES string of the molecule is CN=C(NCC1(c2cccc(F)c2)CCOCC1)NC1CC(=O)N(c2ccccc2)C1. The summed E-state index contributed by atoms with van der Waals surface area (Å²) in [6, 6.07) is 16.5. The number of halogens is 1. The maximum Gasteiger partial charge on any atom is 0.229 e. The Morgan fingerprint density at radius 1 is 1.19 bits per heavy atom. The molecule has 0 saturated carbocycles. The Balaban J connectivity index is 1.41. The third kappa shape index (κ3) is 4.88. The monoisotopic (exact) mass is 424 g/mol. The number of anilines is 1. The van der Waals surface area contributed by atoms with E-state index in [2.05, 4.69) is 15.6 Å². The molecule has 6 nitrogen and oxygen atoms in total. The summed E-state index contributed by atoms with van der Waals surface area (Å²) in [5.74, 6) is 0.520. The van der Waals surface area contributed by atoms with E-state index in [9.17, 15) is 9.18 Å². The van der Waals surface area contributed by atoms with Gasteiger partial charge in [-0.15, -0.1) is 0 Å². The summed E-state index contributed by atoms with van der Waals surface area (Å²) < 4.78 is 19.5. The fraction of sp³-hybridized carbons (Fsp3) is 0.417. The molecule has 0 radical (unpaired) electrons. The van der Waals surface area contributed by atoms with Crippen LogP contribution in [-0.2, 0) is 14.9 Å². The van der Waals surface area contributed by atoms with Gasteiger partial charge in [0.1, 0.15) is 5.82 Å². The molecule has 2 N–H and O–H groups in total. The van der Waals surface area contributed by atoms with E-state index in [0.717, 1.165) is 24.1 Å². The number of guanidine groups is 1. The molecule has 2 aromatic carbocycles. The second kappa shape index (κ2) is 9.47. The van der Waals surface area contributed by atoms with Crippen LogP contribution in [0.5, 0.6) is 0 Å². The van der Waals surface area contributed by atoms with Crippen LogP contribution < -0.4 is 15.5 Å². The van der Waals surface area contributed by atoms with Crippen molar-refractivity contribution < 1.29 is 13.9 Å². The largest absolute Gasteiger partial charge is 0.381 e. The Morgan fingerprint density at radius 3 is 2.68 bits per heavy atom. The smallest absolute Gasteiger partial charge is 0.229 e. The van der Waals surface area contributed by atoms with Gasteiger partial charge < -0.3 is 20.3 Å². The molecule has 1 unspecified atom stereocenters. The molecule has 7 heteroatoms. The predicted molar refractivity (Wildman–Crippen MR) is 120 cm³/mol. The van der Waals surface area contributed by atoms with Crippen LogP contribution in [0.25, 0.3) is 0 Å². The minimum Gasteiger partial charge on any atom is -0.381 e. The lowest BCUT2D eigenvalue weighted by Crippen LogP contribution is -2.50. The molecular weight excluding hydrogens is 395 g/mol. The van der Waals surface area contributed by atoms with Crippen molar-refractivity contribution in [2.24, 2.45) is 4.99 Å². The first-order chi connectivity index (χ1) is 15.1. The molecular formula is C24H29FN4O2. The highest BCUT2D eigenvalue weighted by atomic mass is 19.1. The average molecular weight is 425 g/mol. The highest BCUT2D eigenvalue weighted by molar-refractivity contribution is 5.97. The molecule has 1 atom stereocenters. The van der Waals surface area contributed by atoms with Gasteiger partial charge in [-0.1, -0.05) is 30.3 Å². The van der Waals surface area contributed by atoms with Gasteiger partial charge in [-0.2, -0.15) is 0 Å². The lowest BCUT2D eigenvalue weighted by atomic mass is 9.74. The van der Waals surface area contributed by atoms with E-state index in [-0.39, 0.29) is 23.2 Å². The van der Waals surface area contributed by atoms with E-state index in [1.165, 1.54) is 6.07 Å². The van der Waals surface area contributed by atoms with Gasteiger partial charge in [0.05, 0.1) is 6.04 Å². The van der Waals surface area contributed by atoms with Gasteiger partial charge in [-0.3, -0.25) is 9.79 Å². The minimum atomic E-state index is -0.226. The molecule has 2 saturated heterocycles. The average Bonchev–Trinajstić information content (AvgIpc) is 3.18. The topological polar surface area (TPSA) is 66.0 Å². The number of aliphatic imine (C=N–C) groups is 1. The molecule has 164 valence electrons. The van der Waals surface area contributed by atoms with Crippen molar-refractivity contribution >= 4 is 17.6 Å². The summed E-state index contributed by atoms with van der Waals surface area (Å²) in [5.41, 5.74) is 1.66. The van der Waals surface area contributed by atoms with Gasteiger partial charge in [-0.05, 0) is 42.7 Å². The molecule has 0 aromatic heterocycles. The van der Waals surface area contributed by atoms with Crippen LogP contribution in [0.2, 0.25) is 0 Å². The van der Waals surface area contributed by atoms with E-state index in [0.29, 0.717) is 38.7 Å². The van der Waals surface area contributed by atoms with Crippen molar-refractivity contribution in [2.75, 3.05) is 38.3 Å². The molecule has 2 fully saturated rings. The van der Waals surface area contributed by atoms with Crippen LogP contribution >= 0.6 is 0 Å². The van der Waals surface area contributed by atoms with Gasteiger partial charge in [-0.25, -0.2) is 4.39 Å². The Kier molecular flexibility index (Phi) is 6.51. The van der Waals surface area contributed by atoms with E-state index in [1.807, 2.05) is 36.4 Å². The van der Waals surface area contributed by atoms with Gasteiger partial charge in [0.25, 0.3) is 0 Å². The zero-order valence-corrected chi connectivity index (χ0v) is 17.8. The Bertz CT molecular complexity index is 928. The van der Waals surface area contributed by atoms with Crippen LogP contribution in [0.1, 0.15) is 24.8 Å². The summed E-state index contributed by atoms with van der Waals surface area (Å²) in [6.07, 6.45) is 2.03. The number of hydrogen-bond donors (Lipinski definition) is 2. The van der Waals surface area contributed by atoms with Gasteiger partial charge in [0.15, 0.2) is 5.96 Å². The number of carbonyl (C=O) groups is 1. The first-order valence-corrected chi connectivity index (χ1v) is 10.8. The van der Waals surface area contributed by atoms with E-state index in [1.54, 1.807) is 24.1 Å². The fourth-order valence-electron chi connectivity index (χ4n) is 4.45. The third-order valence-electron chi connectivity index (χ3n) is 6.24. The summed E-state index contributed by atoms with van der Waals surface area (Å²) in [5, 5.41) is 6.81. The quantitative estimate of drug-likeness (QED) is 0.572. The number of benzene rings is 2. The van der Waals surface area contributed by atoms with Crippen molar-refractivity contribution in [3.05, 3.63) is 66.0 Å². The summed E-state index contributed by atoms with van der Waals surface area (Å²) in [6.45, 7) is 2.50. The molecule has 2 heterocycles. The zero-order valence-electron chi connectivity index (χ0n) is 17.8. The van der Waals surface area contributed by atoms with Crippen molar-refractivity contribution in [2.45, 2.75) is 30.7 Å². The number of nitrogens with one attached hydrogen (secondary N) is 2. The summed E-state index contributed by atoms with van der Waals surface area (Å²) >= 11 is 0. The first kappa shape index (κ1) is 21.3. The Morgan fingerprint density at radius 2 is 1.97 bits per heavy atom. The normalized spacial score (nSPS) is 21.2. The number of ether oxygens (including phenoxy) is 1. The fourth-order valence-corrected chi connectivity index (χ4v) is 4.45. The lowest BCUT2D eigenvalue weighted by Gasteiger charge is -2.38. The molecule has 2 aliphatic rings. The molecule has 0 aliphatic carbocycles. The summed E-state index contributed by atoms with van der Waals surface area (Å²) in [7, 11) is 1.72. The van der Waals surface area contributed by atoms with Crippen molar-refractivity contribution in [1.82, 2.24) is 10.6 Å². The van der Waals surface area contributed by atoms with Crippen LogP contribution in [0, 0.1) is 5.82 Å². The molecule has 0 spiro atoms. The second-order valence-electron chi connectivity index (χ2n) is 8.21. The highest BCUT2D eigenvalue weighted by Crippen LogP contribution is 2.34. The Labute approximate surface area is 182 Å². The standard InChI is InChI=1S/C24H29FN4O2/c1-26-23(28-20-15-22(30)29(16-20)21-8-3-2-4-9-21)27-17-24(10-12-31-13-11-24)18-6-5-7-19(25)14-18/h2-9,14,20H,10-13,15-17H2,1H3,(H2,26,27,28). The number of para-hydroxylation sites is 1. The number of amides is 1. The van der Waals surface area contributed by atoms with E-state index in [4.69, 9.17) is 4.74 Å². The molecule has 0 bridgehead atoms. The molecule has 2 aliphatic heterocycles. The number of rotatable bonds is 5. The number of carbonyl (C=O) groups excluding carboxylic acids is 1. The van der Waals surface area contributed by atoms with Gasteiger partial charge in [0.2, 0.25) is 5.91 Å². The maximum atomic E-state index is 13.9. The lowest BCUT2D eigenvalue weighted by molar-refractivity contribution is -0.117. The van der Waals surface area contributed by atoms with Crippen molar-refractivity contribution in [3.63, 3.8) is 0 Å². The van der Waals surface area contributed by atoms with Crippen LogP contribution in [0.3, 0.4) is 0 Å². The predicted octanol–water partition coefficient (Wildman–Crippen LogP) is 2.84. The molecule has 4 rings (SSSR count). The number of nitrogens with zero attached hydrogens (tertiary/aromatic N) is 2. The highest BCUT2D eigenvalue weighted by Gasteiger charge is 2.36. The maximum absolute atomic E-state index is 13.9. The van der Waals surface area contributed by atoms with Crippen LogP contribution in [0.4, 0.5) is 10.1 Å². The summed E-state index contributed by atoms with van der Waals surface area (Å²) in [4.78, 5) is 18.7. The first-order valence-electron chi connectivity index (χ1n) is 10.8. The van der Waals surface area contributed by atoms with E-state index < -0.39 is 0 Å². The van der Waals surface area contributed by atoms with Gasteiger partial charge >= 0.3 is 0 Å². The molecule has 2 aromatic rings. The van der Waals surface area contributed by atoms with Crippen LogP contribution in [0.15, 0.2) is 59.6 Å². The number of hydrogen-bond acceptors (Lipinski definition) is 3.